The molecule has 1 aliphatic rings. The number of allylic oxidation sites excluding steroid dienone is 1. The first-order valence-electron chi connectivity index (χ1n) is 5.16. The topological polar surface area (TPSA) is 34.1 Å². The predicted octanol–water partition coefficient (Wildman–Crippen LogP) is 3.38. The minimum Gasteiger partial charge on any atom is -0.285 e. The zero-order valence-electron chi connectivity index (χ0n) is 8.74. The largest absolute Gasteiger partial charge is 0.285 e. The van der Waals surface area contributed by atoms with E-state index in [2.05, 4.69) is 0 Å². The molecule has 0 saturated carbocycles. The summed E-state index contributed by atoms with van der Waals surface area (Å²) in [6, 6.07) is 11.5. The number of benzene rings is 2. The fourth-order valence-electron chi connectivity index (χ4n) is 2.07. The molecule has 0 atom stereocenters. The van der Waals surface area contributed by atoms with Crippen molar-refractivity contribution >= 4 is 51.0 Å². The zero-order valence-corrected chi connectivity index (χ0v) is 10.9. The predicted molar refractivity (Wildman–Crippen MR) is 75.3 cm³/mol. The third kappa shape index (κ3) is 1.53. The molecule has 2 nitrogen and oxygen atoms in total. The smallest absolute Gasteiger partial charge is 0.239 e. The first-order valence-corrected chi connectivity index (χ1v) is 6.24. The molecule has 2 aromatic rings. The van der Waals surface area contributed by atoms with Crippen LogP contribution >= 0.6 is 22.6 Å². The molecule has 3 heteroatoms. The normalized spacial score (nSPS) is 14.8. The van der Waals surface area contributed by atoms with Gasteiger partial charge in [0.25, 0.3) is 0 Å². The number of carbonyl (C=O) groups excluding carboxylic acids is 2. The van der Waals surface area contributed by atoms with Crippen LogP contribution < -0.4 is 0 Å². The zero-order chi connectivity index (χ0) is 12.0. The second-order valence-electron chi connectivity index (χ2n) is 3.90. The number of carbonyl (C=O) groups is 2. The van der Waals surface area contributed by atoms with Crippen LogP contribution in [0.25, 0.3) is 16.8 Å². The summed E-state index contributed by atoms with van der Waals surface area (Å²) in [6.07, 6.45) is 1.79. The average molecular weight is 334 g/mol. The number of fused-ring (bicyclic) bond motifs is 3. The van der Waals surface area contributed by atoms with E-state index in [1.807, 2.05) is 52.9 Å². The molecule has 0 bridgehead atoms. The van der Waals surface area contributed by atoms with Crippen molar-refractivity contribution in [3.63, 3.8) is 0 Å². The highest BCUT2D eigenvalue weighted by Crippen LogP contribution is 2.31. The summed E-state index contributed by atoms with van der Waals surface area (Å²) >= 11 is 1.92. The summed E-state index contributed by atoms with van der Waals surface area (Å²) in [5.41, 5.74) is 1.37. The quantitative estimate of drug-likeness (QED) is 0.547. The first kappa shape index (κ1) is 10.7. The lowest BCUT2D eigenvalue weighted by molar-refractivity contribution is -0.111. The van der Waals surface area contributed by atoms with Crippen molar-refractivity contribution in [3.05, 3.63) is 51.1 Å². The van der Waals surface area contributed by atoms with Crippen LogP contribution in [0.3, 0.4) is 0 Å². The molecule has 0 aliphatic heterocycles. The van der Waals surface area contributed by atoms with Crippen LogP contribution in [0.2, 0.25) is 0 Å². The van der Waals surface area contributed by atoms with Gasteiger partial charge in [0.15, 0.2) is 0 Å². The van der Waals surface area contributed by atoms with E-state index >= 15 is 0 Å². The number of hydrogen-bond acceptors (Lipinski definition) is 2. The van der Waals surface area contributed by atoms with E-state index in [1.54, 1.807) is 12.1 Å². The van der Waals surface area contributed by atoms with E-state index in [4.69, 9.17) is 0 Å². The SMILES string of the molecule is O=C1C(=O)c2ccc3ccccc3c2C=C1I. The van der Waals surface area contributed by atoms with Crippen molar-refractivity contribution in [2.45, 2.75) is 0 Å². The lowest BCUT2D eigenvalue weighted by Gasteiger charge is -2.13. The molecule has 0 N–H and O–H groups in total. The molecule has 0 fully saturated rings. The van der Waals surface area contributed by atoms with Crippen LogP contribution in [0, 0.1) is 0 Å². The molecule has 2 aromatic carbocycles. The summed E-state index contributed by atoms with van der Waals surface area (Å²) in [4.78, 5) is 23.5. The Morgan fingerprint density at radius 1 is 0.882 bits per heavy atom. The molecule has 0 amide bonds. The highest BCUT2D eigenvalue weighted by molar-refractivity contribution is 14.1. The van der Waals surface area contributed by atoms with Gasteiger partial charge in [0.2, 0.25) is 11.6 Å². The van der Waals surface area contributed by atoms with Crippen molar-refractivity contribution in [2.75, 3.05) is 0 Å². The summed E-state index contributed by atoms with van der Waals surface area (Å²) in [5, 5.41) is 2.09. The molecule has 0 aromatic heterocycles. The Morgan fingerprint density at radius 3 is 2.47 bits per heavy atom. The van der Waals surface area contributed by atoms with Crippen molar-refractivity contribution < 1.29 is 9.59 Å². The summed E-state index contributed by atoms with van der Waals surface area (Å²) in [5.74, 6) is -0.814. The maximum absolute atomic E-state index is 11.9. The van der Waals surface area contributed by atoms with Gasteiger partial charge in [-0.3, -0.25) is 9.59 Å². The maximum atomic E-state index is 11.9. The number of rotatable bonds is 0. The van der Waals surface area contributed by atoms with Gasteiger partial charge in [-0.15, -0.1) is 0 Å². The van der Waals surface area contributed by atoms with E-state index in [9.17, 15) is 9.59 Å². The van der Waals surface area contributed by atoms with Crippen LogP contribution in [0.4, 0.5) is 0 Å². The number of ketones is 2. The lowest BCUT2D eigenvalue weighted by Crippen LogP contribution is -2.18. The second kappa shape index (κ2) is 3.77. The van der Waals surface area contributed by atoms with Gasteiger partial charge < -0.3 is 0 Å². The van der Waals surface area contributed by atoms with E-state index in [1.165, 1.54) is 0 Å². The van der Waals surface area contributed by atoms with Gasteiger partial charge in [-0.1, -0.05) is 30.3 Å². The van der Waals surface area contributed by atoms with E-state index < -0.39 is 11.6 Å². The van der Waals surface area contributed by atoms with Crippen molar-refractivity contribution in [3.8, 4) is 0 Å². The third-order valence-corrected chi connectivity index (χ3v) is 3.71. The van der Waals surface area contributed by atoms with Crippen LogP contribution in [0.1, 0.15) is 15.9 Å². The Hall–Kier alpha value is -1.49. The van der Waals surface area contributed by atoms with E-state index in [0.29, 0.717) is 9.14 Å². The molecule has 0 radical (unpaired) electrons. The minimum atomic E-state index is -0.409. The van der Waals surface area contributed by atoms with Gasteiger partial charge in [0, 0.05) is 5.56 Å². The summed E-state index contributed by atoms with van der Waals surface area (Å²) in [7, 11) is 0. The Kier molecular flexibility index (Phi) is 2.36. The Labute approximate surface area is 111 Å². The van der Waals surface area contributed by atoms with Gasteiger partial charge in [0.05, 0.1) is 3.58 Å². The molecule has 82 valence electrons. The first-order chi connectivity index (χ1) is 8.18. The van der Waals surface area contributed by atoms with Crippen molar-refractivity contribution in [1.29, 1.82) is 0 Å². The van der Waals surface area contributed by atoms with Gasteiger partial charge in [-0.2, -0.15) is 0 Å². The van der Waals surface area contributed by atoms with Gasteiger partial charge in [-0.25, -0.2) is 0 Å². The van der Waals surface area contributed by atoms with Gasteiger partial charge >= 0.3 is 0 Å². The standard InChI is InChI=1S/C14H7IO2/c15-12-7-11-9-4-2-1-3-8(9)5-6-10(11)13(16)14(12)17/h1-7H. The monoisotopic (exact) mass is 334 g/mol. The van der Waals surface area contributed by atoms with E-state index in [-0.39, 0.29) is 0 Å². The highest BCUT2D eigenvalue weighted by atomic mass is 127. The Balaban J connectivity index is 2.44. The average Bonchev–Trinajstić information content (AvgIpc) is 2.36. The molecule has 0 unspecified atom stereocenters. The van der Waals surface area contributed by atoms with E-state index in [0.717, 1.165) is 16.3 Å². The van der Waals surface area contributed by atoms with Crippen LogP contribution in [0.5, 0.6) is 0 Å². The second-order valence-corrected chi connectivity index (χ2v) is 5.06. The summed E-state index contributed by atoms with van der Waals surface area (Å²) < 4.78 is 0.483. The molecule has 17 heavy (non-hydrogen) atoms. The Morgan fingerprint density at radius 2 is 1.65 bits per heavy atom. The lowest BCUT2D eigenvalue weighted by atomic mass is 9.91. The third-order valence-electron chi connectivity index (χ3n) is 2.91. The molecule has 0 spiro atoms. The van der Waals surface area contributed by atoms with Gasteiger partial charge in [0.1, 0.15) is 0 Å². The molecule has 1 aliphatic carbocycles. The minimum absolute atomic E-state index is 0.405. The highest BCUT2D eigenvalue weighted by Gasteiger charge is 2.26. The molecular formula is C14H7IO2. The molecule has 3 rings (SSSR count). The molecule has 0 heterocycles. The number of hydrogen-bond donors (Lipinski definition) is 0. The fraction of sp³-hybridized carbons (Fsp3) is 0. The maximum Gasteiger partial charge on any atom is 0.239 e. The van der Waals surface area contributed by atoms with Crippen LogP contribution in [-0.4, -0.2) is 11.6 Å². The van der Waals surface area contributed by atoms with Crippen LogP contribution in [-0.2, 0) is 4.79 Å². The fourth-order valence-corrected chi connectivity index (χ4v) is 2.63. The van der Waals surface area contributed by atoms with Crippen molar-refractivity contribution in [2.24, 2.45) is 0 Å². The molecular weight excluding hydrogens is 327 g/mol. The summed E-state index contributed by atoms with van der Waals surface area (Å²) in [6.45, 7) is 0. The molecule has 0 saturated heterocycles. The van der Waals surface area contributed by atoms with Crippen LogP contribution in [0.15, 0.2) is 40.0 Å². The van der Waals surface area contributed by atoms with Crippen molar-refractivity contribution in [1.82, 2.24) is 0 Å². The number of Topliss-reactive ketones (excluding diaryl/α,β-unsaturated/α-hetero) is 2. The Bertz CT molecular complexity index is 698. The number of halogens is 1. The van der Waals surface area contributed by atoms with Gasteiger partial charge in [-0.05, 0) is 51.1 Å².